The van der Waals surface area contributed by atoms with Crippen LogP contribution < -0.4 is 0 Å². The lowest BCUT2D eigenvalue weighted by Crippen LogP contribution is -2.04. The molecule has 0 radical (unpaired) electrons. The molecule has 0 aromatic heterocycles. The molecule has 0 nitrogen and oxygen atoms in total. The maximum atomic E-state index is 13.4. The smallest absolute Gasteiger partial charge is 0.166 e. The highest BCUT2D eigenvalue weighted by Crippen LogP contribution is 2.42. The van der Waals surface area contributed by atoms with Crippen LogP contribution in [0.5, 0.6) is 0 Å². The average molecular weight is 789 g/mol. The van der Waals surface area contributed by atoms with Gasteiger partial charge in [0, 0.05) is 19.5 Å². The van der Waals surface area contributed by atoms with Crippen molar-refractivity contribution in [2.45, 2.75) is 40.8 Å². The number of alkyl halides is 3. The number of hydrogen-bond acceptors (Lipinski definition) is 0. The average Bonchev–Trinajstić information content (AvgIpc) is 3.03. The van der Waals surface area contributed by atoms with Crippen molar-refractivity contribution < 1.29 is 13.2 Å². The van der Waals surface area contributed by atoms with Crippen LogP contribution in [0.15, 0.2) is 112 Å². The van der Waals surface area contributed by atoms with Crippen molar-refractivity contribution in [2.24, 2.45) is 0 Å². The molecule has 48 heavy (non-hydrogen) atoms. The van der Waals surface area contributed by atoms with Crippen molar-refractivity contribution in [1.82, 2.24) is 0 Å². The summed E-state index contributed by atoms with van der Waals surface area (Å²) in [5.41, 5.74) is 14.8. The van der Waals surface area contributed by atoms with Crippen molar-refractivity contribution in [2.75, 3.05) is 0 Å². The van der Waals surface area contributed by atoms with Crippen LogP contribution in [0.25, 0.3) is 55.6 Å². The molecule has 6 aromatic rings. The summed E-state index contributed by atoms with van der Waals surface area (Å²) >= 11 is 14.2. The van der Waals surface area contributed by atoms with Crippen LogP contribution in [0.4, 0.5) is 13.2 Å². The molecule has 0 N–H and O–H groups in total. The summed E-state index contributed by atoms with van der Waals surface area (Å²) in [6, 6.07) is 33.0. The van der Waals surface area contributed by atoms with E-state index in [-0.39, 0.29) is 0 Å². The number of hydrogen-bond donors (Lipinski definition) is 0. The van der Waals surface area contributed by atoms with Gasteiger partial charge < -0.3 is 0 Å². The number of benzene rings is 6. The van der Waals surface area contributed by atoms with Gasteiger partial charge in [-0.2, -0.15) is 13.2 Å². The van der Waals surface area contributed by atoms with Crippen LogP contribution in [0.1, 0.15) is 33.4 Å². The minimum Gasteiger partial charge on any atom is -0.166 e. The first-order chi connectivity index (χ1) is 22.7. The van der Waals surface area contributed by atoms with E-state index in [0.29, 0.717) is 20.6 Å². The first kappa shape index (κ1) is 34.2. The topological polar surface area (TPSA) is 0 Å². The van der Waals surface area contributed by atoms with Crippen molar-refractivity contribution in [1.29, 1.82) is 0 Å². The van der Waals surface area contributed by atoms with Gasteiger partial charge in [-0.05, 0) is 149 Å². The third-order valence-corrected chi connectivity index (χ3v) is 10.6. The Hall–Kier alpha value is -3.64. The number of rotatable bonds is 5. The molecule has 6 aromatic carbocycles. The minimum absolute atomic E-state index is 0.486. The van der Waals surface area contributed by atoms with E-state index in [0.717, 1.165) is 60.6 Å². The van der Waals surface area contributed by atoms with Gasteiger partial charge in [0.25, 0.3) is 0 Å². The molecule has 0 heterocycles. The molecule has 0 aliphatic carbocycles. The maximum absolute atomic E-state index is 13.4. The van der Waals surface area contributed by atoms with Crippen molar-refractivity contribution >= 4 is 43.5 Å². The van der Waals surface area contributed by atoms with Crippen LogP contribution in [0.2, 0.25) is 5.02 Å². The second kappa shape index (κ2) is 13.3. The lowest BCUT2D eigenvalue weighted by Gasteiger charge is -2.17. The van der Waals surface area contributed by atoms with Crippen LogP contribution in [-0.4, -0.2) is 0 Å². The molecular formula is C42H32Br2ClF3. The Labute approximate surface area is 301 Å². The number of aryl methyl sites for hydroxylation is 5. The Kier molecular flexibility index (Phi) is 9.52. The Morgan fingerprint density at radius 2 is 1.00 bits per heavy atom. The standard InChI is InChI=1S/C42H32Br2ClF3/c1-23-7-6-8-28(15-23)34-21-40(44)37(18-26(34)4)32-12-9-29(16-24(32)2)35-22-41(45)38(19-27(35)5)33-13-10-30(17-25(33)3)36-20-31(42(46,47)48)11-14-39(36)43/h6-22H,1-5H3. The van der Waals surface area contributed by atoms with E-state index in [9.17, 15) is 13.2 Å². The zero-order chi connectivity index (χ0) is 34.5. The highest BCUT2D eigenvalue weighted by molar-refractivity contribution is 9.11. The van der Waals surface area contributed by atoms with Gasteiger partial charge in [0.1, 0.15) is 0 Å². The molecular weight excluding hydrogens is 757 g/mol. The summed E-state index contributed by atoms with van der Waals surface area (Å²) in [7, 11) is 0. The molecule has 0 fully saturated rings. The first-order valence-corrected chi connectivity index (χ1v) is 17.4. The molecule has 0 atom stereocenters. The van der Waals surface area contributed by atoms with Crippen molar-refractivity contribution in [3.63, 3.8) is 0 Å². The maximum Gasteiger partial charge on any atom is 0.416 e. The molecule has 0 bridgehead atoms. The second-order valence-corrected chi connectivity index (χ2v) is 14.5. The van der Waals surface area contributed by atoms with E-state index in [2.05, 4.69) is 120 Å². The molecule has 0 aliphatic heterocycles. The molecule has 6 rings (SSSR count). The molecule has 242 valence electrons. The minimum atomic E-state index is -4.42. The largest absolute Gasteiger partial charge is 0.416 e. The zero-order valence-corrected chi connectivity index (χ0v) is 31.0. The normalized spacial score (nSPS) is 11.6. The van der Waals surface area contributed by atoms with Gasteiger partial charge >= 0.3 is 6.18 Å². The van der Waals surface area contributed by atoms with Gasteiger partial charge in [0.05, 0.1) is 5.56 Å². The molecule has 0 saturated carbocycles. The number of halogens is 6. The SMILES string of the molecule is Cc1cccc(-c2cc(Br)c(-c3ccc(-c4cc(Cl)c(-c5ccc(-c6cc(C(F)(F)F)ccc6Br)cc5C)cc4C)cc3C)cc2C)c1. The van der Waals surface area contributed by atoms with Gasteiger partial charge in [0.15, 0.2) is 0 Å². The van der Waals surface area contributed by atoms with Gasteiger partial charge in [-0.25, -0.2) is 0 Å². The van der Waals surface area contributed by atoms with E-state index in [4.69, 9.17) is 11.6 Å². The highest BCUT2D eigenvalue weighted by Gasteiger charge is 2.31. The Morgan fingerprint density at radius 1 is 0.458 bits per heavy atom. The summed E-state index contributed by atoms with van der Waals surface area (Å²) in [5, 5.41) is 0.610. The summed E-state index contributed by atoms with van der Waals surface area (Å²) in [6.07, 6.45) is -4.42. The molecule has 0 aliphatic rings. The third kappa shape index (κ3) is 6.78. The summed E-state index contributed by atoms with van der Waals surface area (Å²) < 4.78 is 41.9. The fourth-order valence-corrected chi connectivity index (χ4v) is 7.70. The second-order valence-electron chi connectivity index (χ2n) is 12.4. The van der Waals surface area contributed by atoms with Crippen LogP contribution in [0, 0.1) is 34.6 Å². The van der Waals surface area contributed by atoms with Gasteiger partial charge in [0.2, 0.25) is 0 Å². The predicted octanol–water partition coefficient (Wildman–Crippen LogP) is 14.8. The molecule has 0 spiro atoms. The zero-order valence-electron chi connectivity index (χ0n) is 27.1. The van der Waals surface area contributed by atoms with E-state index >= 15 is 0 Å². The van der Waals surface area contributed by atoms with Crippen LogP contribution in [-0.2, 0) is 6.18 Å². The van der Waals surface area contributed by atoms with Crippen molar-refractivity contribution in [3.05, 3.63) is 150 Å². The Morgan fingerprint density at radius 3 is 1.60 bits per heavy atom. The van der Waals surface area contributed by atoms with E-state index in [1.54, 1.807) is 0 Å². The van der Waals surface area contributed by atoms with Gasteiger partial charge in [-0.1, -0.05) is 110 Å². The van der Waals surface area contributed by atoms with Crippen LogP contribution >= 0.6 is 43.5 Å². The van der Waals surface area contributed by atoms with Crippen LogP contribution in [0.3, 0.4) is 0 Å². The fraction of sp³-hybridized carbons (Fsp3) is 0.143. The molecule has 6 heteroatoms. The summed E-state index contributed by atoms with van der Waals surface area (Å²) in [6.45, 7) is 10.4. The highest BCUT2D eigenvalue weighted by atomic mass is 79.9. The van der Waals surface area contributed by atoms with Gasteiger partial charge in [-0.15, -0.1) is 0 Å². The Bertz CT molecular complexity index is 2220. The molecule has 0 amide bonds. The van der Waals surface area contributed by atoms with E-state index in [1.807, 2.05) is 31.2 Å². The third-order valence-electron chi connectivity index (χ3n) is 8.91. The summed E-state index contributed by atoms with van der Waals surface area (Å²) in [5.74, 6) is 0. The molecule has 0 saturated heterocycles. The summed E-state index contributed by atoms with van der Waals surface area (Å²) in [4.78, 5) is 0. The molecule has 0 unspecified atom stereocenters. The fourth-order valence-electron chi connectivity index (χ4n) is 6.40. The lowest BCUT2D eigenvalue weighted by molar-refractivity contribution is -0.137. The first-order valence-electron chi connectivity index (χ1n) is 15.5. The van der Waals surface area contributed by atoms with Crippen molar-refractivity contribution in [3.8, 4) is 55.6 Å². The lowest BCUT2D eigenvalue weighted by atomic mass is 9.89. The monoisotopic (exact) mass is 786 g/mol. The quantitative estimate of drug-likeness (QED) is 0.163. The van der Waals surface area contributed by atoms with Gasteiger partial charge in [-0.3, -0.25) is 0 Å². The van der Waals surface area contributed by atoms with E-state index < -0.39 is 11.7 Å². The Balaban J connectivity index is 1.31. The van der Waals surface area contributed by atoms with E-state index in [1.165, 1.54) is 34.4 Å². The predicted molar refractivity (Wildman–Crippen MR) is 203 cm³/mol.